The summed E-state index contributed by atoms with van der Waals surface area (Å²) in [5, 5.41) is 11.8. The van der Waals surface area contributed by atoms with Crippen LogP contribution in [0.15, 0.2) is 243 Å². The highest BCUT2D eigenvalue weighted by Crippen LogP contribution is 2.56. The van der Waals surface area contributed by atoms with Gasteiger partial charge in [-0.3, -0.25) is 0 Å². The van der Waals surface area contributed by atoms with E-state index in [-0.39, 0.29) is 0 Å². The lowest BCUT2D eigenvalue weighted by Crippen LogP contribution is -2.36. The molecule has 59 heavy (non-hydrogen) atoms. The maximum absolute atomic E-state index is 2.43. The maximum Gasteiger partial charge on any atom is -0.00515 e. The third-order valence-electron chi connectivity index (χ3n) is 11.0. The summed E-state index contributed by atoms with van der Waals surface area (Å²) in [5.41, 5.74) is 0.895. The largest absolute Gasteiger partial charge is 0.0622 e. The van der Waals surface area contributed by atoms with Crippen LogP contribution in [-0.4, -0.2) is 23.6 Å². The monoisotopic (exact) mass is 836 g/mol. The fourth-order valence-electron chi connectivity index (χ4n) is 8.37. The van der Waals surface area contributed by atoms with E-state index in [1.54, 1.807) is 0 Å². The summed E-state index contributed by atoms with van der Waals surface area (Å²) in [6.07, 6.45) is 5.82. The molecule has 2 atom stereocenters. The smallest absolute Gasteiger partial charge is 0.00515 e. The van der Waals surface area contributed by atoms with Gasteiger partial charge in [-0.2, -0.15) is 0 Å². The van der Waals surface area contributed by atoms with Crippen molar-refractivity contribution in [2.75, 3.05) is 12.3 Å². The van der Waals surface area contributed by atoms with Crippen molar-refractivity contribution in [3.8, 4) is 0 Å². The average Bonchev–Trinajstić information content (AvgIpc) is 3.32. The highest BCUT2D eigenvalue weighted by Gasteiger charge is 2.38. The van der Waals surface area contributed by atoms with Gasteiger partial charge >= 0.3 is 0 Å². The second kappa shape index (κ2) is 21.7. The molecule has 8 aromatic carbocycles. The topological polar surface area (TPSA) is 0 Å². The van der Waals surface area contributed by atoms with Gasteiger partial charge in [0.1, 0.15) is 0 Å². The van der Waals surface area contributed by atoms with Crippen molar-refractivity contribution in [3.05, 3.63) is 243 Å². The van der Waals surface area contributed by atoms with Crippen molar-refractivity contribution in [3.63, 3.8) is 0 Å². The van der Waals surface area contributed by atoms with Crippen LogP contribution in [0.5, 0.6) is 0 Å². The Labute approximate surface area is 357 Å². The van der Waals surface area contributed by atoms with Crippen molar-refractivity contribution in [2.45, 2.75) is 30.6 Å². The van der Waals surface area contributed by atoms with Crippen LogP contribution in [-0.2, 0) is 0 Å². The fourth-order valence-corrected chi connectivity index (χ4v) is 20.1. The normalized spacial score (nSPS) is 12.5. The average molecular weight is 837 g/mol. The number of benzene rings is 8. The van der Waals surface area contributed by atoms with E-state index in [9.17, 15) is 0 Å². The summed E-state index contributed by atoms with van der Waals surface area (Å²) in [5.74, 6) is 0. The van der Waals surface area contributed by atoms with Crippen LogP contribution in [0.1, 0.15) is 19.3 Å². The van der Waals surface area contributed by atoms with Crippen molar-refractivity contribution in [1.29, 1.82) is 0 Å². The van der Waals surface area contributed by atoms with Gasteiger partial charge in [0.2, 0.25) is 0 Å². The van der Waals surface area contributed by atoms with Gasteiger partial charge in [-0.25, -0.2) is 0 Å². The Morgan fingerprint density at radius 3 is 0.729 bits per heavy atom. The van der Waals surface area contributed by atoms with E-state index < -0.39 is 31.7 Å². The van der Waals surface area contributed by atoms with Gasteiger partial charge in [0, 0.05) is 0 Å². The second-order valence-corrected chi connectivity index (χ2v) is 24.3. The minimum absolute atomic E-state index is 0.443. The molecule has 0 aliphatic rings. The summed E-state index contributed by atoms with van der Waals surface area (Å²) < 4.78 is 0. The molecule has 8 aromatic rings. The van der Waals surface area contributed by atoms with Crippen LogP contribution in [0, 0.1) is 0 Å². The quantitative estimate of drug-likeness (QED) is 0.0756. The summed E-state index contributed by atoms with van der Waals surface area (Å²) >= 11 is 0. The standard InChI is InChI=1S/C55H52P4/c1-9-26-46(27-10-1)56(47-28-11-2-12-29-47)44-25-42-54(58(50-34-17-5-18-35-50)51-36-19-6-20-37-51)55(59(52-38-21-7-22-39-52)53-40-23-8-24-41-53)43-45-57(48-30-13-3-14-31-48)49-32-15-4-16-33-49/h1-24,26-41,54-55H,25,42-45H2. The van der Waals surface area contributed by atoms with Crippen molar-refractivity contribution in [2.24, 2.45) is 0 Å². The minimum Gasteiger partial charge on any atom is -0.0622 e. The van der Waals surface area contributed by atoms with Crippen LogP contribution in [0.25, 0.3) is 0 Å². The number of hydrogen-bond acceptors (Lipinski definition) is 0. The molecule has 0 heterocycles. The molecule has 0 saturated heterocycles. The highest BCUT2D eigenvalue weighted by atomic mass is 31.1. The van der Waals surface area contributed by atoms with Crippen molar-refractivity contribution in [1.82, 2.24) is 0 Å². The number of hydrogen-bond donors (Lipinski definition) is 0. The van der Waals surface area contributed by atoms with Gasteiger partial charge in [0.05, 0.1) is 0 Å². The predicted molar refractivity (Wildman–Crippen MR) is 267 cm³/mol. The van der Waals surface area contributed by atoms with E-state index in [4.69, 9.17) is 0 Å². The molecular weight excluding hydrogens is 785 g/mol. The molecule has 0 aromatic heterocycles. The molecule has 292 valence electrons. The van der Waals surface area contributed by atoms with Gasteiger partial charge in [0.15, 0.2) is 0 Å². The first kappa shape index (κ1) is 41.2. The van der Waals surface area contributed by atoms with Crippen LogP contribution in [0.2, 0.25) is 0 Å². The van der Waals surface area contributed by atoms with E-state index in [0.29, 0.717) is 11.3 Å². The van der Waals surface area contributed by atoms with E-state index in [2.05, 4.69) is 243 Å². The third kappa shape index (κ3) is 10.8. The summed E-state index contributed by atoms with van der Waals surface area (Å²) in [6.45, 7) is 0. The van der Waals surface area contributed by atoms with Gasteiger partial charge in [-0.05, 0) is 117 Å². The first-order valence-corrected chi connectivity index (χ1v) is 26.7. The van der Waals surface area contributed by atoms with Gasteiger partial charge in [-0.15, -0.1) is 0 Å². The zero-order valence-corrected chi connectivity index (χ0v) is 37.2. The van der Waals surface area contributed by atoms with Crippen LogP contribution >= 0.6 is 31.7 Å². The molecule has 0 aliphatic carbocycles. The lowest BCUT2D eigenvalue weighted by atomic mass is 10.1. The van der Waals surface area contributed by atoms with E-state index in [1.807, 2.05) is 0 Å². The Morgan fingerprint density at radius 1 is 0.237 bits per heavy atom. The minimum atomic E-state index is -0.723. The number of rotatable bonds is 18. The molecule has 0 saturated carbocycles. The van der Waals surface area contributed by atoms with E-state index in [0.717, 1.165) is 12.6 Å². The highest BCUT2D eigenvalue weighted by molar-refractivity contribution is 7.78. The second-order valence-electron chi connectivity index (χ2n) is 14.8. The molecular formula is C55H52P4. The Kier molecular flexibility index (Phi) is 15.1. The molecule has 0 amide bonds. The Hall–Kier alpha value is -4.52. The first-order chi connectivity index (χ1) is 29.3. The summed E-state index contributed by atoms with van der Waals surface area (Å²) in [7, 11) is -2.49. The third-order valence-corrected chi connectivity index (χ3v) is 22.4. The molecule has 0 aliphatic heterocycles. The van der Waals surface area contributed by atoms with Crippen molar-refractivity contribution < 1.29 is 0 Å². The molecule has 2 unspecified atom stereocenters. The Morgan fingerprint density at radius 2 is 0.458 bits per heavy atom. The van der Waals surface area contributed by atoms with Crippen molar-refractivity contribution >= 4 is 74.1 Å². The first-order valence-electron chi connectivity index (χ1n) is 20.9. The van der Waals surface area contributed by atoms with Gasteiger partial charge < -0.3 is 0 Å². The summed E-state index contributed by atoms with van der Waals surface area (Å²) in [6, 6.07) is 91.7. The molecule has 0 nitrogen and oxygen atoms in total. The molecule has 0 N–H and O–H groups in total. The molecule has 0 spiro atoms. The Bertz CT molecular complexity index is 2210. The lowest BCUT2D eigenvalue weighted by Gasteiger charge is -2.41. The molecule has 0 bridgehead atoms. The summed E-state index contributed by atoms with van der Waals surface area (Å²) in [4.78, 5) is 0. The van der Waals surface area contributed by atoms with E-state index >= 15 is 0 Å². The van der Waals surface area contributed by atoms with Crippen LogP contribution in [0.3, 0.4) is 0 Å². The zero-order valence-electron chi connectivity index (χ0n) is 33.6. The van der Waals surface area contributed by atoms with E-state index in [1.165, 1.54) is 61.4 Å². The van der Waals surface area contributed by atoms with Gasteiger partial charge in [0.25, 0.3) is 0 Å². The predicted octanol–water partition coefficient (Wildman–Crippen LogP) is 11.4. The maximum atomic E-state index is 2.43. The fraction of sp³-hybridized carbons (Fsp3) is 0.127. The lowest BCUT2D eigenvalue weighted by molar-refractivity contribution is 0.683. The zero-order chi connectivity index (χ0) is 39.9. The molecule has 4 heteroatoms. The molecule has 8 rings (SSSR count). The SMILES string of the molecule is c1ccc(P(CCCC(C(CCP(c2ccccc2)c2ccccc2)P(c2ccccc2)c2ccccc2)P(c2ccccc2)c2ccccc2)c2ccccc2)cc1. The van der Waals surface area contributed by atoms with Crippen LogP contribution in [0.4, 0.5) is 0 Å². The van der Waals surface area contributed by atoms with Crippen LogP contribution < -0.4 is 42.4 Å². The van der Waals surface area contributed by atoms with Gasteiger partial charge in [-0.1, -0.05) is 243 Å². The molecule has 0 radical (unpaired) electrons. The molecule has 0 fully saturated rings. The Balaban J connectivity index is 1.27.